The van der Waals surface area contributed by atoms with Crippen molar-refractivity contribution < 1.29 is 4.74 Å². The van der Waals surface area contributed by atoms with Crippen LogP contribution in [0.1, 0.15) is 25.8 Å². The van der Waals surface area contributed by atoms with Gasteiger partial charge in [0, 0.05) is 5.38 Å². The maximum absolute atomic E-state index is 6.20. The van der Waals surface area contributed by atoms with E-state index < -0.39 is 0 Å². The summed E-state index contributed by atoms with van der Waals surface area (Å²) in [6.45, 7) is 4.08. The standard InChI is InChI=1S/C14H17ClN4OS/c1-3-9(2)20-12-5-4-10(6-11(12)15)7-17-19-14-18-13(16)8-21-14/h4-9H,3,16H2,1-2H3,(H,18,19). The Morgan fingerprint density at radius 1 is 1.57 bits per heavy atom. The predicted octanol–water partition coefficient (Wildman–Crippen LogP) is 4.00. The van der Waals surface area contributed by atoms with Crippen LogP contribution in [0.25, 0.3) is 0 Å². The predicted molar refractivity (Wildman–Crippen MR) is 89.6 cm³/mol. The number of ether oxygens (including phenoxy) is 1. The monoisotopic (exact) mass is 324 g/mol. The number of hydrogen-bond donors (Lipinski definition) is 2. The lowest BCUT2D eigenvalue weighted by Gasteiger charge is -2.13. The van der Waals surface area contributed by atoms with E-state index in [0.717, 1.165) is 12.0 Å². The number of benzene rings is 1. The zero-order chi connectivity index (χ0) is 15.2. The Morgan fingerprint density at radius 3 is 3.00 bits per heavy atom. The Bertz CT molecular complexity index is 629. The molecule has 1 unspecified atom stereocenters. The third-order valence-corrected chi connectivity index (χ3v) is 3.82. The number of halogens is 1. The fraction of sp³-hybridized carbons (Fsp3) is 0.286. The average molecular weight is 325 g/mol. The minimum Gasteiger partial charge on any atom is -0.489 e. The second kappa shape index (κ2) is 7.28. The minimum absolute atomic E-state index is 0.138. The average Bonchev–Trinajstić information content (AvgIpc) is 2.87. The van der Waals surface area contributed by atoms with E-state index in [1.165, 1.54) is 11.3 Å². The van der Waals surface area contributed by atoms with Crippen LogP contribution in [0.2, 0.25) is 5.02 Å². The number of nitrogens with one attached hydrogen (secondary N) is 1. The molecule has 0 spiro atoms. The first kappa shape index (κ1) is 15.6. The second-order valence-corrected chi connectivity index (χ2v) is 5.74. The minimum atomic E-state index is 0.138. The van der Waals surface area contributed by atoms with E-state index in [-0.39, 0.29) is 6.10 Å². The molecule has 21 heavy (non-hydrogen) atoms. The molecule has 0 aliphatic rings. The number of thiazole rings is 1. The number of nitrogen functional groups attached to an aromatic ring is 1. The summed E-state index contributed by atoms with van der Waals surface area (Å²) < 4.78 is 5.71. The lowest BCUT2D eigenvalue weighted by Crippen LogP contribution is -2.10. The summed E-state index contributed by atoms with van der Waals surface area (Å²) in [5.74, 6) is 1.16. The molecule has 5 nitrogen and oxygen atoms in total. The molecule has 0 saturated carbocycles. The van der Waals surface area contributed by atoms with E-state index in [2.05, 4.69) is 22.4 Å². The third kappa shape index (κ3) is 4.61. The quantitative estimate of drug-likeness (QED) is 0.622. The van der Waals surface area contributed by atoms with Crippen LogP contribution in [0.5, 0.6) is 5.75 Å². The van der Waals surface area contributed by atoms with Crippen molar-refractivity contribution in [3.63, 3.8) is 0 Å². The van der Waals surface area contributed by atoms with Gasteiger partial charge in [0.25, 0.3) is 0 Å². The van der Waals surface area contributed by atoms with Crippen LogP contribution in [0.4, 0.5) is 10.9 Å². The number of aromatic nitrogens is 1. The summed E-state index contributed by atoms with van der Waals surface area (Å²) >= 11 is 7.59. The Kier molecular flexibility index (Phi) is 5.41. The molecule has 1 atom stereocenters. The van der Waals surface area contributed by atoms with Crippen molar-refractivity contribution in [2.24, 2.45) is 5.10 Å². The molecule has 2 aromatic rings. The molecule has 0 aliphatic heterocycles. The van der Waals surface area contributed by atoms with Crippen LogP contribution in [-0.2, 0) is 0 Å². The maximum atomic E-state index is 6.20. The zero-order valence-corrected chi connectivity index (χ0v) is 13.4. The summed E-state index contributed by atoms with van der Waals surface area (Å²) in [7, 11) is 0. The van der Waals surface area contributed by atoms with Gasteiger partial charge >= 0.3 is 0 Å². The molecule has 0 amide bonds. The topological polar surface area (TPSA) is 72.5 Å². The normalized spacial score (nSPS) is 12.5. The number of anilines is 2. The van der Waals surface area contributed by atoms with E-state index in [9.17, 15) is 0 Å². The number of rotatable bonds is 6. The fourth-order valence-electron chi connectivity index (χ4n) is 1.49. The van der Waals surface area contributed by atoms with Gasteiger partial charge in [0.05, 0.1) is 17.3 Å². The summed E-state index contributed by atoms with van der Waals surface area (Å²) in [6.07, 6.45) is 2.73. The molecule has 7 heteroatoms. The van der Waals surface area contributed by atoms with Crippen LogP contribution >= 0.6 is 22.9 Å². The molecule has 0 aliphatic carbocycles. The number of hydrazone groups is 1. The number of hydrogen-bond acceptors (Lipinski definition) is 6. The van der Waals surface area contributed by atoms with Gasteiger partial charge in [0.15, 0.2) is 0 Å². The fourth-order valence-corrected chi connectivity index (χ4v) is 2.27. The van der Waals surface area contributed by atoms with Crippen LogP contribution < -0.4 is 15.9 Å². The lowest BCUT2D eigenvalue weighted by molar-refractivity contribution is 0.217. The number of nitrogens with zero attached hydrogens (tertiary/aromatic N) is 2. The molecule has 0 radical (unpaired) electrons. The maximum Gasteiger partial charge on any atom is 0.205 e. The van der Waals surface area contributed by atoms with E-state index in [1.54, 1.807) is 17.7 Å². The van der Waals surface area contributed by atoms with Gasteiger partial charge in [-0.05, 0) is 37.1 Å². The van der Waals surface area contributed by atoms with Crippen molar-refractivity contribution in [3.8, 4) is 5.75 Å². The zero-order valence-electron chi connectivity index (χ0n) is 11.8. The Balaban J connectivity index is 1.99. The van der Waals surface area contributed by atoms with E-state index in [0.29, 0.717) is 21.7 Å². The molecule has 1 aromatic heterocycles. The summed E-state index contributed by atoms with van der Waals surface area (Å²) in [6, 6.07) is 5.54. The Labute approximate surface area is 132 Å². The van der Waals surface area contributed by atoms with Crippen molar-refractivity contribution in [1.29, 1.82) is 0 Å². The Morgan fingerprint density at radius 2 is 2.38 bits per heavy atom. The second-order valence-electron chi connectivity index (χ2n) is 4.47. The molecule has 0 fully saturated rings. The van der Waals surface area contributed by atoms with Crippen molar-refractivity contribution in [3.05, 3.63) is 34.2 Å². The smallest absolute Gasteiger partial charge is 0.205 e. The molecule has 2 rings (SSSR count). The van der Waals surface area contributed by atoms with Gasteiger partial charge in [-0.3, -0.25) is 5.43 Å². The molecule has 112 valence electrons. The molecule has 1 aromatic carbocycles. The first-order valence-electron chi connectivity index (χ1n) is 6.54. The summed E-state index contributed by atoms with van der Waals surface area (Å²) in [4.78, 5) is 4.04. The van der Waals surface area contributed by atoms with Gasteiger partial charge in [-0.1, -0.05) is 18.5 Å². The van der Waals surface area contributed by atoms with Crippen molar-refractivity contribution >= 4 is 40.1 Å². The molecular weight excluding hydrogens is 308 g/mol. The summed E-state index contributed by atoms with van der Waals surface area (Å²) in [5.41, 5.74) is 9.21. The van der Waals surface area contributed by atoms with Gasteiger partial charge in [-0.15, -0.1) is 11.3 Å². The highest BCUT2D eigenvalue weighted by Gasteiger charge is 2.06. The molecule has 3 N–H and O–H groups in total. The van der Waals surface area contributed by atoms with Gasteiger partial charge in [-0.2, -0.15) is 5.10 Å². The highest BCUT2D eigenvalue weighted by molar-refractivity contribution is 7.14. The van der Waals surface area contributed by atoms with Gasteiger partial charge in [0.1, 0.15) is 11.6 Å². The Hall–Kier alpha value is -1.79. The molecule has 1 heterocycles. The van der Waals surface area contributed by atoms with Crippen molar-refractivity contribution in [2.45, 2.75) is 26.4 Å². The molecule has 0 bridgehead atoms. The van der Waals surface area contributed by atoms with E-state index in [1.807, 2.05) is 19.1 Å². The van der Waals surface area contributed by atoms with E-state index >= 15 is 0 Å². The summed E-state index contributed by atoms with van der Waals surface area (Å²) in [5, 5.41) is 7.05. The van der Waals surface area contributed by atoms with Crippen LogP contribution in [-0.4, -0.2) is 17.3 Å². The van der Waals surface area contributed by atoms with Gasteiger partial charge in [0.2, 0.25) is 5.13 Å². The first-order valence-corrected chi connectivity index (χ1v) is 7.80. The third-order valence-electron chi connectivity index (χ3n) is 2.75. The van der Waals surface area contributed by atoms with Crippen LogP contribution in [0.15, 0.2) is 28.7 Å². The molecular formula is C14H17ClN4OS. The van der Waals surface area contributed by atoms with Crippen LogP contribution in [0.3, 0.4) is 0 Å². The van der Waals surface area contributed by atoms with Gasteiger partial charge < -0.3 is 10.5 Å². The van der Waals surface area contributed by atoms with E-state index in [4.69, 9.17) is 22.1 Å². The molecule has 0 saturated heterocycles. The first-order chi connectivity index (χ1) is 10.1. The largest absolute Gasteiger partial charge is 0.489 e. The number of nitrogens with two attached hydrogens (primary N) is 1. The van der Waals surface area contributed by atoms with Crippen LogP contribution in [0, 0.1) is 0 Å². The highest BCUT2D eigenvalue weighted by atomic mass is 35.5. The SMILES string of the molecule is CCC(C)Oc1ccc(C=NNc2nc(N)cs2)cc1Cl. The highest BCUT2D eigenvalue weighted by Crippen LogP contribution is 2.26. The van der Waals surface area contributed by atoms with Crippen molar-refractivity contribution in [1.82, 2.24) is 4.98 Å². The lowest BCUT2D eigenvalue weighted by atomic mass is 10.2. The van der Waals surface area contributed by atoms with Gasteiger partial charge in [-0.25, -0.2) is 4.98 Å². The van der Waals surface area contributed by atoms with Crippen molar-refractivity contribution in [2.75, 3.05) is 11.2 Å².